The molecular formula is C4H10N4. The van der Waals surface area contributed by atoms with Gasteiger partial charge < -0.3 is 11.3 Å². The third kappa shape index (κ3) is 1.61. The molecule has 0 saturated heterocycles. The van der Waals surface area contributed by atoms with E-state index in [-0.39, 0.29) is 0 Å². The van der Waals surface area contributed by atoms with Crippen LogP contribution in [0.3, 0.4) is 0 Å². The standard InChI is InChI=1S/C4H10N4/c1-3(7-5)4(2)8-6/h7H,1,5-6H2,2H3/b8-4+. The molecule has 0 aliphatic carbocycles. The Balaban J connectivity index is 3.83. The summed E-state index contributed by atoms with van der Waals surface area (Å²) in [7, 11) is 0. The Bertz CT molecular complexity index is 115. The van der Waals surface area contributed by atoms with Gasteiger partial charge in [0.15, 0.2) is 0 Å². The minimum absolute atomic E-state index is 0.535. The Hall–Kier alpha value is -1.03. The van der Waals surface area contributed by atoms with E-state index in [0.717, 1.165) is 0 Å². The third-order valence-electron chi connectivity index (χ3n) is 0.805. The maximum absolute atomic E-state index is 4.96. The van der Waals surface area contributed by atoms with Crippen molar-refractivity contribution < 1.29 is 0 Å². The number of nitrogens with zero attached hydrogens (tertiary/aromatic N) is 1. The zero-order valence-corrected chi connectivity index (χ0v) is 4.81. The van der Waals surface area contributed by atoms with Gasteiger partial charge in [0.05, 0.1) is 11.4 Å². The van der Waals surface area contributed by atoms with E-state index < -0.39 is 0 Å². The first-order valence-electron chi connectivity index (χ1n) is 2.12. The monoisotopic (exact) mass is 114 g/mol. The average Bonchev–Trinajstić information content (AvgIpc) is 1.84. The van der Waals surface area contributed by atoms with Crippen molar-refractivity contribution in [3.63, 3.8) is 0 Å². The van der Waals surface area contributed by atoms with Crippen molar-refractivity contribution in [1.82, 2.24) is 5.43 Å². The summed E-state index contributed by atoms with van der Waals surface area (Å²) in [6.45, 7) is 5.21. The number of hydrogen-bond donors (Lipinski definition) is 3. The molecule has 0 aromatic heterocycles. The van der Waals surface area contributed by atoms with Gasteiger partial charge in [-0.15, -0.1) is 0 Å². The molecule has 0 bridgehead atoms. The number of hydrogen-bond acceptors (Lipinski definition) is 4. The Morgan fingerprint density at radius 2 is 2.25 bits per heavy atom. The van der Waals surface area contributed by atoms with E-state index in [4.69, 9.17) is 11.7 Å². The molecule has 0 aromatic rings. The van der Waals surface area contributed by atoms with E-state index in [1.54, 1.807) is 6.92 Å². The van der Waals surface area contributed by atoms with Crippen LogP contribution in [0.15, 0.2) is 17.4 Å². The lowest BCUT2D eigenvalue weighted by atomic mass is 10.3. The average molecular weight is 114 g/mol. The summed E-state index contributed by atoms with van der Waals surface area (Å²) in [6, 6.07) is 0. The smallest absolute Gasteiger partial charge is 0.0807 e. The second-order valence-electron chi connectivity index (χ2n) is 1.34. The fourth-order valence-electron chi connectivity index (χ4n) is 0.182. The highest BCUT2D eigenvalue weighted by Gasteiger charge is 1.90. The highest BCUT2D eigenvalue weighted by Crippen LogP contribution is 1.82. The summed E-state index contributed by atoms with van der Waals surface area (Å²) >= 11 is 0. The maximum atomic E-state index is 4.96. The Morgan fingerprint density at radius 3 is 2.38 bits per heavy atom. The third-order valence-corrected chi connectivity index (χ3v) is 0.805. The molecule has 4 nitrogen and oxygen atoms in total. The highest BCUT2D eigenvalue weighted by atomic mass is 15.2. The summed E-state index contributed by atoms with van der Waals surface area (Å²) < 4.78 is 0. The summed E-state index contributed by atoms with van der Waals surface area (Å²) in [5.41, 5.74) is 3.45. The van der Waals surface area contributed by atoms with Gasteiger partial charge in [-0.2, -0.15) is 5.10 Å². The Kier molecular flexibility index (Phi) is 2.64. The van der Waals surface area contributed by atoms with E-state index in [2.05, 4.69) is 17.1 Å². The largest absolute Gasteiger partial charge is 0.323 e. The quantitative estimate of drug-likeness (QED) is 0.252. The molecule has 0 spiro atoms. The van der Waals surface area contributed by atoms with Crippen molar-refractivity contribution in [2.24, 2.45) is 16.8 Å². The van der Waals surface area contributed by atoms with Crippen LogP contribution in [-0.2, 0) is 0 Å². The fraction of sp³-hybridized carbons (Fsp3) is 0.250. The molecule has 5 N–H and O–H groups in total. The van der Waals surface area contributed by atoms with Crippen LogP contribution in [0.25, 0.3) is 0 Å². The number of rotatable bonds is 2. The van der Waals surface area contributed by atoms with Gasteiger partial charge in [0.1, 0.15) is 0 Å². The van der Waals surface area contributed by atoms with Crippen molar-refractivity contribution in [2.45, 2.75) is 6.92 Å². The molecular weight excluding hydrogens is 104 g/mol. The molecule has 8 heavy (non-hydrogen) atoms. The van der Waals surface area contributed by atoms with E-state index in [1.165, 1.54) is 0 Å². The molecule has 0 rings (SSSR count). The van der Waals surface area contributed by atoms with E-state index in [0.29, 0.717) is 11.4 Å². The van der Waals surface area contributed by atoms with E-state index >= 15 is 0 Å². The summed E-state index contributed by atoms with van der Waals surface area (Å²) in [6.07, 6.45) is 0. The molecule has 0 aliphatic rings. The van der Waals surface area contributed by atoms with Crippen LogP contribution in [0, 0.1) is 0 Å². The lowest BCUT2D eigenvalue weighted by Crippen LogP contribution is -2.25. The van der Waals surface area contributed by atoms with Crippen LogP contribution in [0.5, 0.6) is 0 Å². The summed E-state index contributed by atoms with van der Waals surface area (Å²) in [5, 5.41) is 3.33. The molecule has 0 saturated carbocycles. The van der Waals surface area contributed by atoms with Crippen molar-refractivity contribution in [3.8, 4) is 0 Å². The van der Waals surface area contributed by atoms with Crippen LogP contribution in [0.2, 0.25) is 0 Å². The lowest BCUT2D eigenvalue weighted by Gasteiger charge is -1.99. The number of hydrazone groups is 1. The number of nitrogens with two attached hydrogens (primary N) is 2. The minimum Gasteiger partial charge on any atom is -0.323 e. The molecule has 0 fully saturated rings. The van der Waals surface area contributed by atoms with E-state index in [9.17, 15) is 0 Å². The van der Waals surface area contributed by atoms with Crippen molar-refractivity contribution >= 4 is 5.71 Å². The van der Waals surface area contributed by atoms with Gasteiger partial charge in [-0.1, -0.05) is 6.58 Å². The lowest BCUT2D eigenvalue weighted by molar-refractivity contribution is 0.930. The Morgan fingerprint density at radius 1 is 1.75 bits per heavy atom. The molecule has 0 amide bonds. The molecule has 0 radical (unpaired) electrons. The molecule has 46 valence electrons. The first-order chi connectivity index (χ1) is 3.72. The maximum Gasteiger partial charge on any atom is 0.0807 e. The topological polar surface area (TPSA) is 76.4 Å². The van der Waals surface area contributed by atoms with Crippen LogP contribution >= 0.6 is 0 Å². The summed E-state index contributed by atoms with van der Waals surface area (Å²) in [5.74, 6) is 9.84. The molecule has 0 unspecified atom stereocenters. The molecule has 0 heterocycles. The predicted molar refractivity (Wildman–Crippen MR) is 33.8 cm³/mol. The SMILES string of the molecule is C=C(NN)/C(C)=N/N. The van der Waals surface area contributed by atoms with Gasteiger partial charge in [-0.05, 0) is 6.92 Å². The zero-order valence-electron chi connectivity index (χ0n) is 4.81. The number of hydrazine groups is 1. The second kappa shape index (κ2) is 3.04. The van der Waals surface area contributed by atoms with Gasteiger partial charge in [0, 0.05) is 0 Å². The molecule has 4 heteroatoms. The summed E-state index contributed by atoms with van der Waals surface area (Å²) in [4.78, 5) is 0. The van der Waals surface area contributed by atoms with Gasteiger partial charge >= 0.3 is 0 Å². The molecule has 0 atom stereocenters. The van der Waals surface area contributed by atoms with Gasteiger partial charge in [0.2, 0.25) is 0 Å². The molecule has 0 aromatic carbocycles. The van der Waals surface area contributed by atoms with Crippen LogP contribution in [0.4, 0.5) is 0 Å². The van der Waals surface area contributed by atoms with Gasteiger partial charge in [-0.25, -0.2) is 0 Å². The second-order valence-corrected chi connectivity index (χ2v) is 1.34. The minimum atomic E-state index is 0.535. The van der Waals surface area contributed by atoms with Gasteiger partial charge in [-0.3, -0.25) is 5.84 Å². The first kappa shape index (κ1) is 6.97. The predicted octanol–water partition coefficient (Wildman–Crippen LogP) is -0.702. The van der Waals surface area contributed by atoms with E-state index in [1.807, 2.05) is 0 Å². The Labute approximate surface area is 48.2 Å². The van der Waals surface area contributed by atoms with Crippen molar-refractivity contribution in [1.29, 1.82) is 0 Å². The van der Waals surface area contributed by atoms with Crippen molar-refractivity contribution in [3.05, 3.63) is 12.3 Å². The zero-order chi connectivity index (χ0) is 6.57. The normalized spacial score (nSPS) is 11.0. The van der Waals surface area contributed by atoms with Crippen LogP contribution in [-0.4, -0.2) is 5.71 Å². The fourth-order valence-corrected chi connectivity index (χ4v) is 0.182. The number of allylic oxidation sites excluding steroid dienone is 1. The van der Waals surface area contributed by atoms with Gasteiger partial charge in [0.25, 0.3) is 0 Å². The molecule has 0 aliphatic heterocycles. The first-order valence-corrected chi connectivity index (χ1v) is 2.12. The van der Waals surface area contributed by atoms with Crippen LogP contribution in [0.1, 0.15) is 6.92 Å². The number of nitrogens with one attached hydrogen (secondary N) is 1. The highest BCUT2D eigenvalue weighted by molar-refractivity contribution is 5.96. The van der Waals surface area contributed by atoms with Crippen molar-refractivity contribution in [2.75, 3.05) is 0 Å². The van der Waals surface area contributed by atoms with Crippen LogP contribution < -0.4 is 17.1 Å².